The summed E-state index contributed by atoms with van der Waals surface area (Å²) < 4.78 is 0. The highest BCUT2D eigenvalue weighted by molar-refractivity contribution is 5.95. The monoisotopic (exact) mass is 263 g/mol. The van der Waals surface area contributed by atoms with Crippen molar-refractivity contribution in [2.45, 2.75) is 26.2 Å². The van der Waals surface area contributed by atoms with Crippen LogP contribution in [0.4, 0.5) is 17.1 Å². The molecular formula is C14H21N3O2. The van der Waals surface area contributed by atoms with Gasteiger partial charge in [0.25, 0.3) is 0 Å². The van der Waals surface area contributed by atoms with Gasteiger partial charge < -0.3 is 21.1 Å². The first-order valence-corrected chi connectivity index (χ1v) is 6.73. The molecule has 0 aromatic heterocycles. The number of nitrogens with one attached hydrogen (secondary N) is 1. The van der Waals surface area contributed by atoms with Gasteiger partial charge in [-0.25, -0.2) is 0 Å². The molecule has 0 atom stereocenters. The fourth-order valence-corrected chi connectivity index (χ4v) is 2.45. The lowest BCUT2D eigenvalue weighted by Gasteiger charge is -2.27. The van der Waals surface area contributed by atoms with Crippen molar-refractivity contribution in [3.05, 3.63) is 17.7 Å². The van der Waals surface area contributed by atoms with Crippen LogP contribution in [0.5, 0.6) is 0 Å². The van der Waals surface area contributed by atoms with Crippen molar-refractivity contribution >= 4 is 23.0 Å². The Kier molecular flexibility index (Phi) is 4.27. The topological polar surface area (TPSA) is 78.6 Å². The Labute approximate surface area is 113 Å². The predicted octanol–water partition coefficient (Wildman–Crippen LogP) is 1.36. The van der Waals surface area contributed by atoms with Crippen LogP contribution in [-0.4, -0.2) is 30.7 Å². The number of aliphatic hydroxyl groups is 1. The van der Waals surface area contributed by atoms with Crippen LogP contribution in [0.15, 0.2) is 12.1 Å². The van der Waals surface area contributed by atoms with Crippen molar-refractivity contribution in [2.75, 3.05) is 35.6 Å². The second-order valence-corrected chi connectivity index (χ2v) is 4.83. The smallest absolute Gasteiger partial charge is 0.224 e. The molecule has 0 aliphatic carbocycles. The second kappa shape index (κ2) is 5.93. The largest absolute Gasteiger partial charge is 0.397 e. The normalized spacial score (nSPS) is 13.9. The van der Waals surface area contributed by atoms with E-state index in [1.54, 1.807) is 0 Å². The summed E-state index contributed by atoms with van der Waals surface area (Å²) in [5.41, 5.74) is 9.60. The number of aryl methyl sites for hydroxylation is 1. The van der Waals surface area contributed by atoms with E-state index in [-0.39, 0.29) is 12.5 Å². The van der Waals surface area contributed by atoms with Crippen molar-refractivity contribution in [1.82, 2.24) is 0 Å². The maximum Gasteiger partial charge on any atom is 0.224 e. The number of nitrogen functional groups attached to an aromatic ring is 1. The lowest BCUT2D eigenvalue weighted by Crippen LogP contribution is -2.29. The molecule has 1 aromatic carbocycles. The van der Waals surface area contributed by atoms with Gasteiger partial charge in [-0.05, 0) is 30.5 Å². The van der Waals surface area contributed by atoms with Crippen molar-refractivity contribution in [3.63, 3.8) is 0 Å². The van der Waals surface area contributed by atoms with Crippen LogP contribution >= 0.6 is 0 Å². The number of anilines is 3. The fourth-order valence-electron chi connectivity index (χ4n) is 2.45. The molecule has 1 amide bonds. The SMILES string of the molecule is CCCN(CCO)c1cc2c(cc1N)NC(=O)CC2. The predicted molar refractivity (Wildman–Crippen MR) is 77.4 cm³/mol. The Morgan fingerprint density at radius 3 is 2.84 bits per heavy atom. The summed E-state index contributed by atoms with van der Waals surface area (Å²) in [5, 5.41) is 12.0. The summed E-state index contributed by atoms with van der Waals surface area (Å²) in [4.78, 5) is 13.5. The molecule has 0 bridgehead atoms. The maximum absolute atomic E-state index is 11.4. The highest BCUT2D eigenvalue weighted by atomic mass is 16.3. The molecule has 4 N–H and O–H groups in total. The Bertz CT molecular complexity index is 468. The Balaban J connectivity index is 2.32. The number of amides is 1. The van der Waals surface area contributed by atoms with E-state index in [1.165, 1.54) is 0 Å². The van der Waals surface area contributed by atoms with E-state index >= 15 is 0 Å². The van der Waals surface area contributed by atoms with E-state index in [0.717, 1.165) is 36.3 Å². The first-order chi connectivity index (χ1) is 9.15. The van der Waals surface area contributed by atoms with E-state index in [0.29, 0.717) is 18.7 Å². The van der Waals surface area contributed by atoms with Crippen LogP contribution in [-0.2, 0) is 11.2 Å². The molecule has 0 radical (unpaired) electrons. The zero-order chi connectivity index (χ0) is 13.8. The van der Waals surface area contributed by atoms with Crippen molar-refractivity contribution in [2.24, 2.45) is 0 Å². The lowest BCUT2D eigenvalue weighted by molar-refractivity contribution is -0.116. The Morgan fingerprint density at radius 2 is 2.16 bits per heavy atom. The summed E-state index contributed by atoms with van der Waals surface area (Å²) in [6.45, 7) is 3.63. The minimum atomic E-state index is 0.0421. The van der Waals surface area contributed by atoms with E-state index < -0.39 is 0 Å². The molecule has 104 valence electrons. The van der Waals surface area contributed by atoms with Gasteiger partial charge in [-0.3, -0.25) is 4.79 Å². The molecule has 2 rings (SSSR count). The summed E-state index contributed by atoms with van der Waals surface area (Å²) in [6, 6.07) is 3.86. The number of hydrogen-bond donors (Lipinski definition) is 3. The molecule has 5 heteroatoms. The van der Waals surface area contributed by atoms with Gasteiger partial charge in [0.05, 0.1) is 18.0 Å². The molecule has 0 saturated heterocycles. The molecule has 0 spiro atoms. The number of carbonyl (C=O) groups is 1. The van der Waals surface area contributed by atoms with Crippen molar-refractivity contribution in [1.29, 1.82) is 0 Å². The minimum absolute atomic E-state index is 0.0421. The van der Waals surface area contributed by atoms with Gasteiger partial charge in [-0.15, -0.1) is 0 Å². The molecule has 1 aliphatic rings. The number of fused-ring (bicyclic) bond motifs is 1. The van der Waals surface area contributed by atoms with Gasteiger partial charge in [-0.1, -0.05) is 6.92 Å². The van der Waals surface area contributed by atoms with Gasteiger partial charge in [0.15, 0.2) is 0 Å². The van der Waals surface area contributed by atoms with Gasteiger partial charge in [0.1, 0.15) is 0 Å². The highest BCUT2D eigenvalue weighted by Gasteiger charge is 2.18. The maximum atomic E-state index is 11.4. The lowest BCUT2D eigenvalue weighted by atomic mass is 10.0. The van der Waals surface area contributed by atoms with E-state index in [2.05, 4.69) is 17.1 Å². The van der Waals surface area contributed by atoms with Crippen LogP contribution in [0.1, 0.15) is 25.3 Å². The quantitative estimate of drug-likeness (QED) is 0.701. The third kappa shape index (κ3) is 2.98. The zero-order valence-corrected chi connectivity index (χ0v) is 11.3. The van der Waals surface area contributed by atoms with Crippen LogP contribution in [0.3, 0.4) is 0 Å². The number of aliphatic hydroxyl groups excluding tert-OH is 1. The van der Waals surface area contributed by atoms with Crippen LogP contribution < -0.4 is 16.0 Å². The first-order valence-electron chi connectivity index (χ1n) is 6.73. The summed E-state index contributed by atoms with van der Waals surface area (Å²) in [7, 11) is 0. The number of nitrogens with two attached hydrogens (primary N) is 1. The third-order valence-corrected chi connectivity index (χ3v) is 3.35. The molecule has 0 saturated carbocycles. The van der Waals surface area contributed by atoms with Crippen molar-refractivity contribution in [3.8, 4) is 0 Å². The number of hydrogen-bond acceptors (Lipinski definition) is 4. The molecule has 0 unspecified atom stereocenters. The average Bonchev–Trinajstić information content (AvgIpc) is 2.37. The number of nitrogens with zero attached hydrogens (tertiary/aromatic N) is 1. The van der Waals surface area contributed by atoms with E-state index in [1.807, 2.05) is 12.1 Å². The van der Waals surface area contributed by atoms with E-state index in [4.69, 9.17) is 10.8 Å². The summed E-state index contributed by atoms with van der Waals surface area (Å²) in [6.07, 6.45) is 2.25. The average molecular weight is 263 g/mol. The zero-order valence-electron chi connectivity index (χ0n) is 11.3. The van der Waals surface area contributed by atoms with Crippen LogP contribution in [0.2, 0.25) is 0 Å². The molecular weight excluding hydrogens is 242 g/mol. The Morgan fingerprint density at radius 1 is 1.37 bits per heavy atom. The van der Waals surface area contributed by atoms with Gasteiger partial charge in [-0.2, -0.15) is 0 Å². The standard InChI is InChI=1S/C14H21N3O2/c1-2-5-17(6-7-18)13-8-10-3-4-14(19)16-12(10)9-11(13)15/h8-9,18H,2-7,15H2,1H3,(H,16,19). The molecule has 1 heterocycles. The molecule has 1 aromatic rings. The highest BCUT2D eigenvalue weighted by Crippen LogP contribution is 2.33. The molecule has 5 nitrogen and oxygen atoms in total. The number of rotatable bonds is 5. The number of benzene rings is 1. The van der Waals surface area contributed by atoms with Gasteiger partial charge in [0, 0.05) is 25.2 Å². The van der Waals surface area contributed by atoms with Gasteiger partial charge >= 0.3 is 0 Å². The second-order valence-electron chi connectivity index (χ2n) is 4.83. The fraction of sp³-hybridized carbons (Fsp3) is 0.500. The van der Waals surface area contributed by atoms with E-state index in [9.17, 15) is 4.79 Å². The Hall–Kier alpha value is -1.75. The summed E-state index contributed by atoms with van der Waals surface area (Å²) in [5.74, 6) is 0.0421. The van der Waals surface area contributed by atoms with Crippen molar-refractivity contribution < 1.29 is 9.90 Å². The molecule has 0 fully saturated rings. The summed E-state index contributed by atoms with van der Waals surface area (Å²) >= 11 is 0. The minimum Gasteiger partial charge on any atom is -0.397 e. The molecule has 19 heavy (non-hydrogen) atoms. The van der Waals surface area contributed by atoms with Gasteiger partial charge in [0.2, 0.25) is 5.91 Å². The first kappa shape index (κ1) is 13.7. The number of carbonyl (C=O) groups excluding carboxylic acids is 1. The third-order valence-electron chi connectivity index (χ3n) is 3.35. The van der Waals surface area contributed by atoms with Crippen LogP contribution in [0, 0.1) is 0 Å². The molecule has 1 aliphatic heterocycles. The van der Waals surface area contributed by atoms with Crippen LogP contribution in [0.25, 0.3) is 0 Å².